The van der Waals surface area contributed by atoms with Crippen LogP contribution < -0.4 is 10.1 Å². The minimum atomic E-state index is -0.925. The standard InChI is InChI=1S/C15H20ClNO5/c1-15(2,3)22-14(20)17-6-7-21-12-5-4-10(8-11(12)16)9-13(18)19/h4-5,8H,6-7,9H2,1-3H3,(H,17,20)(H,18,19). The van der Waals surface area contributed by atoms with E-state index < -0.39 is 17.7 Å². The molecule has 22 heavy (non-hydrogen) atoms. The Balaban J connectivity index is 2.39. The lowest BCUT2D eigenvalue weighted by Gasteiger charge is -2.19. The van der Waals surface area contributed by atoms with Crippen molar-refractivity contribution in [1.29, 1.82) is 0 Å². The number of carbonyl (C=O) groups excluding carboxylic acids is 1. The first-order chi connectivity index (χ1) is 10.2. The van der Waals surface area contributed by atoms with Crippen molar-refractivity contribution < 1.29 is 24.2 Å². The Morgan fingerprint density at radius 2 is 2.00 bits per heavy atom. The Kier molecular flexibility index (Phi) is 6.49. The van der Waals surface area contributed by atoms with E-state index in [0.717, 1.165) is 0 Å². The van der Waals surface area contributed by atoms with Gasteiger partial charge in [-0.25, -0.2) is 4.79 Å². The van der Waals surface area contributed by atoms with Crippen molar-refractivity contribution in [2.75, 3.05) is 13.2 Å². The van der Waals surface area contributed by atoms with Crippen LogP contribution in [-0.2, 0) is 16.0 Å². The van der Waals surface area contributed by atoms with Crippen LogP contribution in [0.3, 0.4) is 0 Å². The minimum Gasteiger partial charge on any atom is -0.490 e. The number of amides is 1. The smallest absolute Gasteiger partial charge is 0.407 e. The van der Waals surface area contributed by atoms with Gasteiger partial charge in [-0.1, -0.05) is 17.7 Å². The summed E-state index contributed by atoms with van der Waals surface area (Å²) < 4.78 is 10.5. The Labute approximate surface area is 134 Å². The van der Waals surface area contributed by atoms with Crippen molar-refractivity contribution in [1.82, 2.24) is 5.32 Å². The van der Waals surface area contributed by atoms with Gasteiger partial charge in [-0.15, -0.1) is 0 Å². The molecule has 0 fully saturated rings. The summed E-state index contributed by atoms with van der Waals surface area (Å²) in [7, 11) is 0. The molecule has 7 heteroatoms. The number of alkyl carbamates (subject to hydrolysis) is 1. The fraction of sp³-hybridized carbons (Fsp3) is 0.467. The molecule has 0 heterocycles. The average Bonchev–Trinajstić information content (AvgIpc) is 2.33. The molecule has 0 saturated carbocycles. The van der Waals surface area contributed by atoms with Crippen molar-refractivity contribution in [3.8, 4) is 5.75 Å². The highest BCUT2D eigenvalue weighted by Gasteiger charge is 2.15. The van der Waals surface area contributed by atoms with Crippen LogP contribution in [-0.4, -0.2) is 35.9 Å². The number of carboxylic acids is 1. The summed E-state index contributed by atoms with van der Waals surface area (Å²) in [6.07, 6.45) is -0.612. The molecule has 6 nitrogen and oxygen atoms in total. The number of rotatable bonds is 6. The van der Waals surface area contributed by atoms with E-state index >= 15 is 0 Å². The van der Waals surface area contributed by atoms with Gasteiger partial charge in [0.05, 0.1) is 18.0 Å². The molecule has 0 atom stereocenters. The van der Waals surface area contributed by atoms with Crippen molar-refractivity contribution in [3.63, 3.8) is 0 Å². The number of nitrogens with one attached hydrogen (secondary N) is 1. The van der Waals surface area contributed by atoms with Gasteiger partial charge in [0.15, 0.2) is 0 Å². The summed E-state index contributed by atoms with van der Waals surface area (Å²) in [5.41, 5.74) is 0.0468. The number of hydrogen-bond acceptors (Lipinski definition) is 4. The molecule has 0 spiro atoms. The maximum absolute atomic E-state index is 11.4. The monoisotopic (exact) mass is 329 g/mol. The van der Waals surface area contributed by atoms with Crippen molar-refractivity contribution >= 4 is 23.7 Å². The normalized spacial score (nSPS) is 10.9. The van der Waals surface area contributed by atoms with Crippen LogP contribution in [0.15, 0.2) is 18.2 Å². The van der Waals surface area contributed by atoms with Gasteiger partial charge in [0.2, 0.25) is 0 Å². The SMILES string of the molecule is CC(C)(C)OC(=O)NCCOc1ccc(CC(=O)O)cc1Cl. The summed E-state index contributed by atoms with van der Waals surface area (Å²) in [6.45, 7) is 5.82. The Bertz CT molecular complexity index is 539. The van der Waals surface area contributed by atoms with Gasteiger partial charge in [-0.2, -0.15) is 0 Å². The molecular formula is C15H20ClNO5. The third-order valence-corrected chi connectivity index (χ3v) is 2.67. The van der Waals surface area contributed by atoms with Crippen molar-refractivity contribution in [3.05, 3.63) is 28.8 Å². The molecule has 0 unspecified atom stereocenters. The van der Waals surface area contributed by atoms with Crippen LogP contribution in [0.1, 0.15) is 26.3 Å². The third kappa shape index (κ3) is 7.17. The number of halogens is 1. The Morgan fingerprint density at radius 3 is 2.55 bits per heavy atom. The third-order valence-electron chi connectivity index (χ3n) is 2.38. The molecule has 0 aromatic heterocycles. The molecule has 1 aromatic rings. The molecule has 0 bridgehead atoms. The highest BCUT2D eigenvalue weighted by molar-refractivity contribution is 6.32. The lowest BCUT2D eigenvalue weighted by molar-refractivity contribution is -0.136. The van der Waals surface area contributed by atoms with Gasteiger partial charge in [0.25, 0.3) is 0 Å². The molecule has 122 valence electrons. The molecular weight excluding hydrogens is 310 g/mol. The molecule has 0 aliphatic carbocycles. The van der Waals surface area contributed by atoms with Gasteiger partial charge in [-0.05, 0) is 38.5 Å². The molecule has 0 aliphatic heterocycles. The summed E-state index contributed by atoms with van der Waals surface area (Å²) >= 11 is 6.01. The second-order valence-electron chi connectivity index (χ2n) is 5.61. The first-order valence-corrected chi connectivity index (χ1v) is 7.15. The van der Waals surface area contributed by atoms with E-state index in [-0.39, 0.29) is 19.6 Å². The average molecular weight is 330 g/mol. The van der Waals surface area contributed by atoms with E-state index in [1.165, 1.54) is 0 Å². The summed E-state index contributed by atoms with van der Waals surface area (Å²) in [6, 6.07) is 4.79. The van der Waals surface area contributed by atoms with E-state index in [9.17, 15) is 9.59 Å². The topological polar surface area (TPSA) is 84.9 Å². The molecule has 0 saturated heterocycles. The van der Waals surface area contributed by atoms with E-state index in [0.29, 0.717) is 16.3 Å². The largest absolute Gasteiger partial charge is 0.490 e. The van der Waals surface area contributed by atoms with E-state index in [1.54, 1.807) is 39.0 Å². The van der Waals surface area contributed by atoms with Crippen molar-refractivity contribution in [2.24, 2.45) is 0 Å². The van der Waals surface area contributed by atoms with Crippen LogP contribution in [0.25, 0.3) is 0 Å². The number of hydrogen-bond donors (Lipinski definition) is 2. The second-order valence-corrected chi connectivity index (χ2v) is 6.02. The van der Waals surface area contributed by atoms with E-state index in [4.69, 9.17) is 26.2 Å². The molecule has 1 rings (SSSR count). The predicted molar refractivity (Wildman–Crippen MR) is 82.5 cm³/mol. The van der Waals surface area contributed by atoms with Crippen LogP contribution in [0.5, 0.6) is 5.75 Å². The van der Waals surface area contributed by atoms with Gasteiger partial charge < -0.3 is 19.9 Å². The van der Waals surface area contributed by atoms with E-state index in [1.807, 2.05) is 0 Å². The lowest BCUT2D eigenvalue weighted by Crippen LogP contribution is -2.34. The zero-order chi connectivity index (χ0) is 16.8. The van der Waals surface area contributed by atoms with Crippen LogP contribution in [0.2, 0.25) is 5.02 Å². The molecule has 0 radical (unpaired) electrons. The second kappa shape index (κ2) is 7.89. The Hall–Kier alpha value is -1.95. The number of benzene rings is 1. The fourth-order valence-corrected chi connectivity index (χ4v) is 1.83. The summed E-state index contributed by atoms with van der Waals surface area (Å²) in [4.78, 5) is 22.0. The zero-order valence-corrected chi connectivity index (χ0v) is 13.6. The first-order valence-electron chi connectivity index (χ1n) is 6.77. The Morgan fingerprint density at radius 1 is 1.32 bits per heavy atom. The summed E-state index contributed by atoms with van der Waals surface area (Å²) in [5, 5.41) is 11.6. The quantitative estimate of drug-likeness (QED) is 0.784. The highest BCUT2D eigenvalue weighted by atomic mass is 35.5. The minimum absolute atomic E-state index is 0.0970. The van der Waals surface area contributed by atoms with Gasteiger partial charge in [0.1, 0.15) is 18.0 Å². The van der Waals surface area contributed by atoms with Crippen LogP contribution >= 0.6 is 11.6 Å². The number of ether oxygens (including phenoxy) is 2. The predicted octanol–water partition coefficient (Wildman–Crippen LogP) is 2.87. The van der Waals surface area contributed by atoms with E-state index in [2.05, 4.69) is 5.32 Å². The first kappa shape index (κ1) is 18.1. The van der Waals surface area contributed by atoms with Crippen LogP contribution in [0, 0.1) is 0 Å². The van der Waals surface area contributed by atoms with Gasteiger partial charge in [-0.3, -0.25) is 4.79 Å². The molecule has 2 N–H and O–H groups in total. The number of carboxylic acid groups (broad SMARTS) is 1. The zero-order valence-electron chi connectivity index (χ0n) is 12.8. The molecule has 0 aliphatic rings. The summed E-state index contributed by atoms with van der Waals surface area (Å²) in [5.74, 6) is -0.493. The highest BCUT2D eigenvalue weighted by Crippen LogP contribution is 2.25. The van der Waals surface area contributed by atoms with Crippen LogP contribution in [0.4, 0.5) is 4.79 Å². The van der Waals surface area contributed by atoms with Gasteiger partial charge in [0, 0.05) is 0 Å². The maximum atomic E-state index is 11.4. The van der Waals surface area contributed by atoms with Crippen molar-refractivity contribution in [2.45, 2.75) is 32.8 Å². The molecule has 1 aromatic carbocycles. The number of carbonyl (C=O) groups is 2. The number of aliphatic carboxylic acids is 1. The fourth-order valence-electron chi connectivity index (χ4n) is 1.57. The van der Waals surface area contributed by atoms with Gasteiger partial charge >= 0.3 is 12.1 Å². The molecule has 1 amide bonds. The maximum Gasteiger partial charge on any atom is 0.407 e. The lowest BCUT2D eigenvalue weighted by atomic mass is 10.1.